The molecule has 0 fully saturated rings. The maximum atomic E-state index is 10.1. The van der Waals surface area contributed by atoms with Crippen molar-refractivity contribution in [1.29, 1.82) is 0 Å². The van der Waals surface area contributed by atoms with Gasteiger partial charge in [0, 0.05) is 22.5 Å². The summed E-state index contributed by atoms with van der Waals surface area (Å²) < 4.78 is 2.82. The fraction of sp³-hybridized carbons (Fsp3) is 0.308. The van der Waals surface area contributed by atoms with Gasteiger partial charge in [-0.2, -0.15) is 5.10 Å². The van der Waals surface area contributed by atoms with Gasteiger partial charge >= 0.3 is 0 Å². The van der Waals surface area contributed by atoms with E-state index in [4.69, 9.17) is 11.6 Å². The van der Waals surface area contributed by atoms with Crippen molar-refractivity contribution < 1.29 is 5.11 Å². The number of aryl methyl sites for hydroxylation is 2. The van der Waals surface area contributed by atoms with E-state index in [0.29, 0.717) is 11.4 Å². The molecule has 0 spiro atoms. The SMILES string of the molecule is Cn1nccc1CCC(O)c1ccc(I)c(Cl)c1. The monoisotopic (exact) mass is 376 g/mol. The molecule has 0 aliphatic heterocycles. The molecule has 96 valence electrons. The summed E-state index contributed by atoms with van der Waals surface area (Å²) in [7, 11) is 1.91. The molecule has 5 heteroatoms. The number of hydrogen-bond donors (Lipinski definition) is 1. The van der Waals surface area contributed by atoms with Crippen molar-refractivity contribution >= 4 is 34.2 Å². The molecule has 2 rings (SSSR count). The summed E-state index contributed by atoms with van der Waals surface area (Å²) >= 11 is 8.22. The van der Waals surface area contributed by atoms with Crippen molar-refractivity contribution in [3.63, 3.8) is 0 Å². The number of nitrogens with zero attached hydrogens (tertiary/aromatic N) is 2. The minimum absolute atomic E-state index is 0.491. The van der Waals surface area contributed by atoms with E-state index in [-0.39, 0.29) is 0 Å². The molecule has 1 N–H and O–H groups in total. The van der Waals surface area contributed by atoms with Crippen LogP contribution in [-0.2, 0) is 13.5 Å². The quantitative estimate of drug-likeness (QED) is 0.831. The first-order valence-corrected chi connectivity index (χ1v) is 7.13. The smallest absolute Gasteiger partial charge is 0.0794 e. The van der Waals surface area contributed by atoms with Crippen LogP contribution < -0.4 is 0 Å². The topological polar surface area (TPSA) is 38.0 Å². The van der Waals surface area contributed by atoms with Crippen LogP contribution in [0.3, 0.4) is 0 Å². The highest BCUT2D eigenvalue weighted by molar-refractivity contribution is 14.1. The number of halogens is 2. The van der Waals surface area contributed by atoms with Crippen LogP contribution in [0.25, 0.3) is 0 Å². The van der Waals surface area contributed by atoms with Gasteiger partial charge in [0.05, 0.1) is 11.1 Å². The number of benzene rings is 1. The molecule has 0 aliphatic carbocycles. The third-order valence-electron chi connectivity index (χ3n) is 2.92. The lowest BCUT2D eigenvalue weighted by atomic mass is 10.0. The third kappa shape index (κ3) is 3.24. The Kier molecular flexibility index (Phi) is 4.64. The van der Waals surface area contributed by atoms with Crippen LogP contribution in [0.5, 0.6) is 0 Å². The highest BCUT2D eigenvalue weighted by Crippen LogP contribution is 2.25. The van der Waals surface area contributed by atoms with Crippen molar-refractivity contribution in [2.75, 3.05) is 0 Å². The molecule has 18 heavy (non-hydrogen) atoms. The molecule has 1 atom stereocenters. The second-order valence-electron chi connectivity index (χ2n) is 4.17. The Bertz CT molecular complexity index is 542. The van der Waals surface area contributed by atoms with Crippen molar-refractivity contribution in [3.05, 3.63) is 50.3 Å². The van der Waals surface area contributed by atoms with E-state index in [0.717, 1.165) is 21.2 Å². The van der Waals surface area contributed by atoms with Gasteiger partial charge in [0.25, 0.3) is 0 Å². The largest absolute Gasteiger partial charge is 0.388 e. The summed E-state index contributed by atoms with van der Waals surface area (Å²) in [6.07, 6.45) is 2.73. The lowest BCUT2D eigenvalue weighted by molar-refractivity contribution is 0.167. The molecule has 0 amide bonds. The summed E-state index contributed by atoms with van der Waals surface area (Å²) in [6, 6.07) is 7.64. The number of aliphatic hydroxyl groups is 1. The normalized spacial score (nSPS) is 12.7. The summed E-state index contributed by atoms with van der Waals surface area (Å²) in [6.45, 7) is 0. The summed E-state index contributed by atoms with van der Waals surface area (Å²) in [5, 5.41) is 14.9. The molecule has 0 saturated heterocycles. The second-order valence-corrected chi connectivity index (χ2v) is 5.74. The Labute approximate surface area is 125 Å². The Balaban J connectivity index is 2.01. The molecule has 1 aromatic carbocycles. The van der Waals surface area contributed by atoms with Gasteiger partial charge in [0.2, 0.25) is 0 Å². The standard InChI is InChI=1S/C13H14ClIN2O/c1-17-10(6-7-16-17)3-5-13(18)9-2-4-12(15)11(14)8-9/h2,4,6-8,13,18H,3,5H2,1H3. The van der Waals surface area contributed by atoms with E-state index in [1.807, 2.05) is 36.0 Å². The zero-order chi connectivity index (χ0) is 13.1. The Morgan fingerprint density at radius 3 is 2.83 bits per heavy atom. The van der Waals surface area contributed by atoms with E-state index >= 15 is 0 Å². The predicted octanol–water partition coefficient (Wildman–Crippen LogP) is 3.34. The van der Waals surface area contributed by atoms with Crippen molar-refractivity contribution in [2.45, 2.75) is 18.9 Å². The van der Waals surface area contributed by atoms with Gasteiger partial charge in [-0.25, -0.2) is 0 Å². The average Bonchev–Trinajstić information content (AvgIpc) is 2.75. The van der Waals surface area contributed by atoms with Crippen LogP contribution in [0.4, 0.5) is 0 Å². The van der Waals surface area contributed by atoms with Crippen LogP contribution in [0.15, 0.2) is 30.5 Å². The zero-order valence-corrected chi connectivity index (χ0v) is 12.9. The van der Waals surface area contributed by atoms with Crippen LogP contribution in [-0.4, -0.2) is 14.9 Å². The number of rotatable bonds is 4. The summed E-state index contributed by atoms with van der Waals surface area (Å²) in [4.78, 5) is 0. The number of aliphatic hydroxyl groups excluding tert-OH is 1. The summed E-state index contributed by atoms with van der Waals surface area (Å²) in [5.41, 5.74) is 1.98. The maximum Gasteiger partial charge on any atom is 0.0794 e. The third-order valence-corrected chi connectivity index (χ3v) is 4.50. The highest BCUT2D eigenvalue weighted by atomic mass is 127. The Morgan fingerprint density at radius 1 is 1.44 bits per heavy atom. The minimum Gasteiger partial charge on any atom is -0.388 e. The van der Waals surface area contributed by atoms with Gasteiger partial charge in [0.15, 0.2) is 0 Å². The van der Waals surface area contributed by atoms with Crippen molar-refractivity contribution in [3.8, 4) is 0 Å². The van der Waals surface area contributed by atoms with E-state index < -0.39 is 6.10 Å². The molecule has 3 nitrogen and oxygen atoms in total. The van der Waals surface area contributed by atoms with E-state index in [1.165, 1.54) is 0 Å². The lowest BCUT2D eigenvalue weighted by Gasteiger charge is -2.12. The average molecular weight is 377 g/mol. The van der Waals surface area contributed by atoms with Crippen LogP contribution in [0.1, 0.15) is 23.8 Å². The molecule has 1 heterocycles. The fourth-order valence-corrected chi connectivity index (χ4v) is 2.34. The van der Waals surface area contributed by atoms with Gasteiger partial charge in [-0.15, -0.1) is 0 Å². The number of hydrogen-bond acceptors (Lipinski definition) is 2. The first-order chi connectivity index (χ1) is 8.58. The van der Waals surface area contributed by atoms with Gasteiger partial charge < -0.3 is 5.11 Å². The fourth-order valence-electron chi connectivity index (χ4n) is 1.82. The molecule has 1 unspecified atom stereocenters. The highest BCUT2D eigenvalue weighted by Gasteiger charge is 2.10. The minimum atomic E-state index is -0.491. The molecule has 0 saturated carbocycles. The van der Waals surface area contributed by atoms with E-state index in [9.17, 15) is 5.11 Å². The van der Waals surface area contributed by atoms with Gasteiger partial charge in [-0.05, 0) is 59.2 Å². The van der Waals surface area contributed by atoms with E-state index in [2.05, 4.69) is 27.7 Å². The van der Waals surface area contributed by atoms with Crippen molar-refractivity contribution in [1.82, 2.24) is 9.78 Å². The predicted molar refractivity (Wildman–Crippen MR) is 80.7 cm³/mol. The van der Waals surface area contributed by atoms with Gasteiger partial charge in [-0.1, -0.05) is 17.7 Å². The second kappa shape index (κ2) is 6.04. The van der Waals surface area contributed by atoms with Crippen LogP contribution in [0, 0.1) is 3.57 Å². The van der Waals surface area contributed by atoms with Gasteiger partial charge in [0.1, 0.15) is 0 Å². The van der Waals surface area contributed by atoms with Crippen LogP contribution >= 0.6 is 34.2 Å². The zero-order valence-electron chi connectivity index (χ0n) is 9.98. The molecule has 0 bridgehead atoms. The van der Waals surface area contributed by atoms with Gasteiger partial charge in [-0.3, -0.25) is 4.68 Å². The summed E-state index contributed by atoms with van der Waals surface area (Å²) in [5.74, 6) is 0. The molecule has 0 aliphatic rings. The molecule has 1 aromatic heterocycles. The Morgan fingerprint density at radius 2 is 2.22 bits per heavy atom. The molecule has 2 aromatic rings. The molecular formula is C13H14ClIN2O. The Hall–Kier alpha value is -0.590. The molecular weight excluding hydrogens is 363 g/mol. The first kappa shape index (κ1) is 13.8. The number of aromatic nitrogens is 2. The van der Waals surface area contributed by atoms with E-state index in [1.54, 1.807) is 6.20 Å². The lowest BCUT2D eigenvalue weighted by Crippen LogP contribution is -2.03. The first-order valence-electron chi connectivity index (χ1n) is 5.68. The maximum absolute atomic E-state index is 10.1. The van der Waals surface area contributed by atoms with Crippen molar-refractivity contribution in [2.24, 2.45) is 7.05 Å². The molecule has 0 radical (unpaired) electrons. The van der Waals surface area contributed by atoms with Crippen LogP contribution in [0.2, 0.25) is 5.02 Å².